The fourth-order valence-corrected chi connectivity index (χ4v) is 2.79. The van der Waals surface area contributed by atoms with Crippen molar-refractivity contribution in [3.63, 3.8) is 0 Å². The van der Waals surface area contributed by atoms with Gasteiger partial charge in [-0.25, -0.2) is 0 Å². The van der Waals surface area contributed by atoms with Gasteiger partial charge in [0.1, 0.15) is 0 Å². The fourth-order valence-electron chi connectivity index (χ4n) is 2.79. The zero-order valence-corrected chi connectivity index (χ0v) is 11.0. The van der Waals surface area contributed by atoms with Crippen LogP contribution in [-0.2, 0) is 0 Å². The van der Waals surface area contributed by atoms with Gasteiger partial charge in [-0.05, 0) is 51.6 Å². The summed E-state index contributed by atoms with van der Waals surface area (Å²) in [4.78, 5) is 2.63. The van der Waals surface area contributed by atoms with E-state index >= 15 is 0 Å². The van der Waals surface area contributed by atoms with Gasteiger partial charge in [0.15, 0.2) is 0 Å². The second-order valence-corrected chi connectivity index (χ2v) is 5.09. The predicted molar refractivity (Wildman–Crippen MR) is 67.2 cm³/mol. The van der Waals surface area contributed by atoms with E-state index in [2.05, 4.69) is 24.1 Å². The smallest absolute Gasteiger partial charge is 0.00533 e. The van der Waals surface area contributed by atoms with E-state index in [1.54, 1.807) is 0 Å². The molecule has 0 bridgehead atoms. The molecule has 90 valence electrons. The molecule has 0 saturated carbocycles. The first-order chi connectivity index (χ1) is 7.22. The zero-order valence-electron chi connectivity index (χ0n) is 11.0. The molecule has 0 amide bonds. The van der Waals surface area contributed by atoms with Gasteiger partial charge in [-0.15, -0.1) is 0 Å². The Bertz CT molecular complexity index is 171. The number of nitrogens with one attached hydrogen (secondary N) is 1. The SMILES string of the molecule is CC.CC(C)N1CCC2(CCCNC2)C1. The van der Waals surface area contributed by atoms with Gasteiger partial charge >= 0.3 is 0 Å². The van der Waals surface area contributed by atoms with Crippen molar-refractivity contribution >= 4 is 0 Å². The number of nitrogens with zero attached hydrogens (tertiary/aromatic N) is 1. The minimum atomic E-state index is 0.641. The van der Waals surface area contributed by atoms with E-state index in [0.717, 1.165) is 6.04 Å². The van der Waals surface area contributed by atoms with Crippen molar-refractivity contribution in [1.29, 1.82) is 0 Å². The Morgan fingerprint density at radius 1 is 1.20 bits per heavy atom. The lowest BCUT2D eigenvalue weighted by Crippen LogP contribution is -2.42. The van der Waals surface area contributed by atoms with Crippen molar-refractivity contribution in [2.45, 2.75) is 53.0 Å². The molecular formula is C13H28N2. The molecule has 2 nitrogen and oxygen atoms in total. The van der Waals surface area contributed by atoms with E-state index in [1.165, 1.54) is 45.4 Å². The number of hydrogen-bond acceptors (Lipinski definition) is 2. The molecule has 15 heavy (non-hydrogen) atoms. The van der Waals surface area contributed by atoms with Crippen molar-refractivity contribution in [3.8, 4) is 0 Å². The number of likely N-dealkylation sites (tertiary alicyclic amines) is 1. The third-order valence-electron chi connectivity index (χ3n) is 3.76. The summed E-state index contributed by atoms with van der Waals surface area (Å²) in [5.41, 5.74) is 0.641. The van der Waals surface area contributed by atoms with Crippen LogP contribution in [0.25, 0.3) is 0 Å². The Kier molecular flexibility index (Phi) is 5.07. The summed E-state index contributed by atoms with van der Waals surface area (Å²) in [6.45, 7) is 13.8. The molecule has 0 radical (unpaired) electrons. The molecule has 2 heterocycles. The minimum absolute atomic E-state index is 0.641. The standard InChI is InChI=1S/C11H22N2.C2H6/c1-10(2)13-7-5-11(9-13)4-3-6-12-8-11;1-2/h10,12H,3-9H2,1-2H3;1-2H3. The van der Waals surface area contributed by atoms with Gasteiger partial charge in [0, 0.05) is 19.1 Å². The Labute approximate surface area is 95.4 Å². The highest BCUT2D eigenvalue weighted by atomic mass is 15.2. The van der Waals surface area contributed by atoms with E-state index in [9.17, 15) is 0 Å². The highest BCUT2D eigenvalue weighted by Crippen LogP contribution is 2.36. The lowest BCUT2D eigenvalue weighted by Gasteiger charge is -2.34. The molecular weight excluding hydrogens is 184 g/mol. The van der Waals surface area contributed by atoms with Crippen molar-refractivity contribution in [1.82, 2.24) is 10.2 Å². The first-order valence-corrected chi connectivity index (χ1v) is 6.67. The number of piperidine rings is 1. The number of rotatable bonds is 1. The maximum absolute atomic E-state index is 3.55. The number of hydrogen-bond donors (Lipinski definition) is 1. The van der Waals surface area contributed by atoms with Crippen LogP contribution in [0.1, 0.15) is 47.0 Å². The quantitative estimate of drug-likeness (QED) is 0.718. The van der Waals surface area contributed by atoms with Crippen LogP contribution in [0.5, 0.6) is 0 Å². The summed E-state index contributed by atoms with van der Waals surface area (Å²) in [5, 5.41) is 3.55. The Balaban J connectivity index is 0.000000531. The molecule has 1 N–H and O–H groups in total. The first-order valence-electron chi connectivity index (χ1n) is 6.67. The van der Waals surface area contributed by atoms with Crippen molar-refractivity contribution in [3.05, 3.63) is 0 Å². The summed E-state index contributed by atoms with van der Waals surface area (Å²) < 4.78 is 0. The van der Waals surface area contributed by atoms with Gasteiger partial charge < -0.3 is 10.2 Å². The molecule has 2 saturated heterocycles. The van der Waals surface area contributed by atoms with Crippen LogP contribution in [0.3, 0.4) is 0 Å². The van der Waals surface area contributed by atoms with Gasteiger partial charge in [0.25, 0.3) is 0 Å². The largest absolute Gasteiger partial charge is 0.316 e. The first kappa shape index (κ1) is 13.0. The molecule has 1 atom stereocenters. The third-order valence-corrected chi connectivity index (χ3v) is 3.76. The lowest BCUT2D eigenvalue weighted by molar-refractivity contribution is 0.185. The van der Waals surface area contributed by atoms with Crippen molar-refractivity contribution in [2.24, 2.45) is 5.41 Å². The third kappa shape index (κ3) is 3.18. The van der Waals surface area contributed by atoms with Gasteiger partial charge in [-0.2, -0.15) is 0 Å². The summed E-state index contributed by atoms with van der Waals surface area (Å²) in [7, 11) is 0. The average Bonchev–Trinajstić information content (AvgIpc) is 2.67. The predicted octanol–water partition coefficient (Wildman–Crippen LogP) is 2.50. The molecule has 2 heteroatoms. The second-order valence-electron chi connectivity index (χ2n) is 5.09. The summed E-state index contributed by atoms with van der Waals surface area (Å²) in [5.74, 6) is 0. The monoisotopic (exact) mass is 212 g/mol. The normalized spacial score (nSPS) is 31.8. The summed E-state index contributed by atoms with van der Waals surface area (Å²) in [6.07, 6.45) is 4.24. The van der Waals surface area contributed by atoms with Crippen molar-refractivity contribution in [2.75, 3.05) is 26.2 Å². The van der Waals surface area contributed by atoms with Crippen LogP contribution in [0.15, 0.2) is 0 Å². The maximum Gasteiger partial charge on any atom is 0.00533 e. The molecule has 0 aliphatic carbocycles. The topological polar surface area (TPSA) is 15.3 Å². The molecule has 2 rings (SSSR count). The van der Waals surface area contributed by atoms with E-state index in [-0.39, 0.29) is 0 Å². The Hall–Kier alpha value is -0.0800. The molecule has 2 fully saturated rings. The van der Waals surface area contributed by atoms with E-state index in [0.29, 0.717) is 5.41 Å². The van der Waals surface area contributed by atoms with Gasteiger partial charge in [-0.1, -0.05) is 13.8 Å². The van der Waals surface area contributed by atoms with Crippen LogP contribution in [0.2, 0.25) is 0 Å². The molecule has 2 aliphatic rings. The van der Waals surface area contributed by atoms with Gasteiger partial charge in [-0.3, -0.25) is 0 Å². The molecule has 0 aromatic carbocycles. The van der Waals surface area contributed by atoms with Crippen LogP contribution in [-0.4, -0.2) is 37.1 Å². The highest BCUT2D eigenvalue weighted by Gasteiger charge is 2.39. The fraction of sp³-hybridized carbons (Fsp3) is 1.00. The zero-order chi connectivity index (χ0) is 11.3. The minimum Gasteiger partial charge on any atom is -0.316 e. The summed E-state index contributed by atoms with van der Waals surface area (Å²) >= 11 is 0. The van der Waals surface area contributed by atoms with Crippen LogP contribution < -0.4 is 5.32 Å². The van der Waals surface area contributed by atoms with Gasteiger partial charge in [0.05, 0.1) is 0 Å². The second kappa shape index (κ2) is 5.86. The van der Waals surface area contributed by atoms with Crippen LogP contribution in [0, 0.1) is 5.41 Å². The maximum atomic E-state index is 3.55. The Morgan fingerprint density at radius 3 is 2.40 bits per heavy atom. The lowest BCUT2D eigenvalue weighted by atomic mass is 9.80. The molecule has 1 spiro atoms. The molecule has 0 aromatic rings. The Morgan fingerprint density at radius 2 is 1.93 bits per heavy atom. The molecule has 2 aliphatic heterocycles. The van der Waals surface area contributed by atoms with E-state index < -0.39 is 0 Å². The highest BCUT2D eigenvalue weighted by molar-refractivity contribution is 4.94. The van der Waals surface area contributed by atoms with Gasteiger partial charge in [0.2, 0.25) is 0 Å². The van der Waals surface area contributed by atoms with Crippen LogP contribution >= 0.6 is 0 Å². The van der Waals surface area contributed by atoms with Crippen molar-refractivity contribution < 1.29 is 0 Å². The van der Waals surface area contributed by atoms with E-state index in [4.69, 9.17) is 0 Å². The van der Waals surface area contributed by atoms with Crippen LogP contribution in [0.4, 0.5) is 0 Å². The average molecular weight is 212 g/mol. The molecule has 1 unspecified atom stereocenters. The molecule has 0 aromatic heterocycles. The van der Waals surface area contributed by atoms with E-state index in [1.807, 2.05) is 13.8 Å². The summed E-state index contributed by atoms with van der Waals surface area (Å²) in [6, 6.07) is 0.737.